The topological polar surface area (TPSA) is 80.7 Å². The van der Waals surface area contributed by atoms with Crippen LogP contribution in [0.1, 0.15) is 31.1 Å². The molecule has 1 aliphatic rings. The molecule has 0 unspecified atom stereocenters. The molecule has 2 aromatic carbocycles. The summed E-state index contributed by atoms with van der Waals surface area (Å²) in [6, 6.07) is 10.9. The standard InChI is InChI=1S/C15H8O5/c16-13(17)9-6-4-8(5-7-9)10-2-1-3-11-12(10)15(19)20-14(11)18/h1-7H,(H,16,17). The first-order valence-electron chi connectivity index (χ1n) is 5.81. The van der Waals surface area contributed by atoms with Crippen LogP contribution in [0.5, 0.6) is 0 Å². The predicted octanol–water partition coefficient (Wildman–Crippen LogP) is 2.36. The van der Waals surface area contributed by atoms with E-state index in [1.54, 1.807) is 24.3 Å². The Kier molecular flexibility index (Phi) is 2.61. The lowest BCUT2D eigenvalue weighted by Crippen LogP contribution is -1.99. The van der Waals surface area contributed by atoms with Gasteiger partial charge in [-0.15, -0.1) is 0 Å². The molecule has 98 valence electrons. The molecule has 1 aliphatic heterocycles. The van der Waals surface area contributed by atoms with Gasteiger partial charge in [0.2, 0.25) is 0 Å². The van der Waals surface area contributed by atoms with Crippen LogP contribution in [0.4, 0.5) is 0 Å². The molecule has 0 saturated carbocycles. The van der Waals surface area contributed by atoms with Crippen LogP contribution in [0.3, 0.4) is 0 Å². The minimum atomic E-state index is -1.02. The third-order valence-electron chi connectivity index (χ3n) is 3.12. The lowest BCUT2D eigenvalue weighted by Gasteiger charge is -2.05. The fourth-order valence-electron chi connectivity index (χ4n) is 2.17. The van der Waals surface area contributed by atoms with Gasteiger partial charge >= 0.3 is 17.9 Å². The Hall–Kier alpha value is -2.95. The maximum Gasteiger partial charge on any atom is 0.347 e. The zero-order valence-electron chi connectivity index (χ0n) is 10.1. The fraction of sp³-hybridized carbons (Fsp3) is 0. The zero-order chi connectivity index (χ0) is 14.3. The Morgan fingerprint density at radius 1 is 0.900 bits per heavy atom. The van der Waals surface area contributed by atoms with Crippen molar-refractivity contribution in [2.24, 2.45) is 0 Å². The molecule has 0 spiro atoms. The van der Waals surface area contributed by atoms with E-state index in [1.165, 1.54) is 18.2 Å². The van der Waals surface area contributed by atoms with Crippen LogP contribution >= 0.6 is 0 Å². The number of carboxylic acids is 1. The number of cyclic esters (lactones) is 2. The summed E-state index contributed by atoms with van der Waals surface area (Å²) in [6.45, 7) is 0. The highest BCUT2D eigenvalue weighted by molar-refractivity contribution is 6.17. The highest BCUT2D eigenvalue weighted by atomic mass is 16.6. The van der Waals surface area contributed by atoms with Crippen LogP contribution < -0.4 is 0 Å². The van der Waals surface area contributed by atoms with Crippen molar-refractivity contribution < 1.29 is 24.2 Å². The molecule has 1 N–H and O–H groups in total. The molecule has 5 nitrogen and oxygen atoms in total. The zero-order valence-corrected chi connectivity index (χ0v) is 10.1. The Morgan fingerprint density at radius 3 is 2.20 bits per heavy atom. The fourth-order valence-corrected chi connectivity index (χ4v) is 2.17. The first-order valence-corrected chi connectivity index (χ1v) is 5.81. The molecule has 0 aromatic heterocycles. The van der Waals surface area contributed by atoms with Crippen LogP contribution in [0.2, 0.25) is 0 Å². The first-order chi connectivity index (χ1) is 9.58. The SMILES string of the molecule is O=C(O)c1ccc(-c2cccc3c2C(=O)OC3=O)cc1. The first kappa shape index (κ1) is 12.1. The third-order valence-corrected chi connectivity index (χ3v) is 3.12. The number of ether oxygens (including phenoxy) is 1. The molecule has 0 saturated heterocycles. The summed E-state index contributed by atoms with van der Waals surface area (Å²) in [6.07, 6.45) is 0. The summed E-state index contributed by atoms with van der Waals surface area (Å²) >= 11 is 0. The van der Waals surface area contributed by atoms with E-state index in [2.05, 4.69) is 4.74 Å². The van der Waals surface area contributed by atoms with Crippen molar-refractivity contribution in [3.05, 3.63) is 59.2 Å². The molecule has 0 amide bonds. The molecule has 0 atom stereocenters. The molecule has 0 aliphatic carbocycles. The number of carbonyl (C=O) groups excluding carboxylic acids is 2. The van der Waals surface area contributed by atoms with E-state index in [4.69, 9.17) is 5.11 Å². The Labute approximate surface area is 113 Å². The maximum absolute atomic E-state index is 11.7. The van der Waals surface area contributed by atoms with Gasteiger partial charge in [0.25, 0.3) is 0 Å². The van der Waals surface area contributed by atoms with Crippen LogP contribution in [-0.2, 0) is 4.74 Å². The van der Waals surface area contributed by atoms with Gasteiger partial charge in [0.1, 0.15) is 0 Å². The second-order valence-corrected chi connectivity index (χ2v) is 4.29. The molecule has 20 heavy (non-hydrogen) atoms. The number of aromatic carboxylic acids is 1. The number of esters is 2. The highest BCUT2D eigenvalue weighted by Gasteiger charge is 2.32. The second-order valence-electron chi connectivity index (χ2n) is 4.29. The molecule has 3 rings (SSSR count). The Balaban J connectivity index is 2.14. The largest absolute Gasteiger partial charge is 0.478 e. The van der Waals surface area contributed by atoms with Crippen molar-refractivity contribution in [3.8, 4) is 11.1 Å². The summed E-state index contributed by atoms with van der Waals surface area (Å²) < 4.78 is 4.58. The predicted molar refractivity (Wildman–Crippen MR) is 68.6 cm³/mol. The summed E-state index contributed by atoms with van der Waals surface area (Å²) in [7, 11) is 0. The van der Waals surface area contributed by atoms with Gasteiger partial charge in [-0.25, -0.2) is 14.4 Å². The Morgan fingerprint density at radius 2 is 1.55 bits per heavy atom. The van der Waals surface area contributed by atoms with Crippen LogP contribution in [0, 0.1) is 0 Å². The van der Waals surface area contributed by atoms with Crippen LogP contribution in [-0.4, -0.2) is 23.0 Å². The van der Waals surface area contributed by atoms with Crippen molar-refractivity contribution in [1.82, 2.24) is 0 Å². The maximum atomic E-state index is 11.7. The van der Waals surface area contributed by atoms with Gasteiger partial charge in [0.15, 0.2) is 0 Å². The number of fused-ring (bicyclic) bond motifs is 1. The van der Waals surface area contributed by atoms with E-state index in [0.29, 0.717) is 11.1 Å². The molecule has 0 bridgehead atoms. The minimum absolute atomic E-state index is 0.153. The van der Waals surface area contributed by atoms with Crippen molar-refractivity contribution in [2.75, 3.05) is 0 Å². The number of carbonyl (C=O) groups is 3. The lowest BCUT2D eigenvalue weighted by molar-refractivity contribution is 0.0443. The molecule has 1 heterocycles. The van der Waals surface area contributed by atoms with Gasteiger partial charge in [0, 0.05) is 0 Å². The minimum Gasteiger partial charge on any atom is -0.478 e. The van der Waals surface area contributed by atoms with Gasteiger partial charge in [-0.2, -0.15) is 0 Å². The molecular formula is C15H8O5. The van der Waals surface area contributed by atoms with E-state index in [9.17, 15) is 14.4 Å². The molecule has 5 heteroatoms. The quantitative estimate of drug-likeness (QED) is 0.668. The molecular weight excluding hydrogens is 260 g/mol. The summed E-state index contributed by atoms with van der Waals surface area (Å²) in [5, 5.41) is 8.86. The van der Waals surface area contributed by atoms with Crippen LogP contribution in [0.15, 0.2) is 42.5 Å². The van der Waals surface area contributed by atoms with E-state index in [1.807, 2.05) is 0 Å². The van der Waals surface area contributed by atoms with E-state index < -0.39 is 17.9 Å². The number of hydrogen-bond acceptors (Lipinski definition) is 4. The van der Waals surface area contributed by atoms with Crippen molar-refractivity contribution >= 4 is 17.9 Å². The average molecular weight is 268 g/mol. The lowest BCUT2D eigenvalue weighted by atomic mass is 9.96. The summed E-state index contributed by atoms with van der Waals surface area (Å²) in [5.74, 6) is -2.36. The molecule has 0 radical (unpaired) electrons. The van der Waals surface area contributed by atoms with Gasteiger partial charge in [-0.1, -0.05) is 24.3 Å². The summed E-state index contributed by atoms with van der Waals surface area (Å²) in [4.78, 5) is 34.0. The highest BCUT2D eigenvalue weighted by Crippen LogP contribution is 2.31. The van der Waals surface area contributed by atoms with E-state index >= 15 is 0 Å². The van der Waals surface area contributed by atoms with Crippen molar-refractivity contribution in [3.63, 3.8) is 0 Å². The second kappa shape index (κ2) is 4.31. The average Bonchev–Trinajstić information content (AvgIpc) is 2.74. The van der Waals surface area contributed by atoms with Gasteiger partial charge in [-0.3, -0.25) is 0 Å². The van der Waals surface area contributed by atoms with Gasteiger partial charge in [0.05, 0.1) is 16.7 Å². The normalized spacial score (nSPS) is 13.0. The molecule has 2 aromatic rings. The number of rotatable bonds is 2. The van der Waals surface area contributed by atoms with Crippen molar-refractivity contribution in [2.45, 2.75) is 0 Å². The molecule has 0 fully saturated rings. The number of carboxylic acid groups (broad SMARTS) is 1. The van der Waals surface area contributed by atoms with Crippen molar-refractivity contribution in [1.29, 1.82) is 0 Å². The van der Waals surface area contributed by atoms with Gasteiger partial charge < -0.3 is 9.84 Å². The Bertz CT molecular complexity index is 743. The van der Waals surface area contributed by atoms with E-state index in [-0.39, 0.29) is 16.7 Å². The smallest absolute Gasteiger partial charge is 0.347 e. The van der Waals surface area contributed by atoms with E-state index in [0.717, 1.165) is 0 Å². The third kappa shape index (κ3) is 1.76. The number of benzene rings is 2. The van der Waals surface area contributed by atoms with Crippen LogP contribution in [0.25, 0.3) is 11.1 Å². The summed E-state index contributed by atoms with van der Waals surface area (Å²) in [5.41, 5.74) is 1.81. The van der Waals surface area contributed by atoms with Gasteiger partial charge in [-0.05, 0) is 29.3 Å². The number of hydrogen-bond donors (Lipinski definition) is 1. The monoisotopic (exact) mass is 268 g/mol.